The molecule has 18 heavy (non-hydrogen) atoms. The van der Waals surface area contributed by atoms with Crippen LogP contribution in [0.4, 0.5) is 0 Å². The third-order valence-electron chi connectivity index (χ3n) is 3.00. The average molecular weight is 265 g/mol. The summed E-state index contributed by atoms with van der Waals surface area (Å²) in [4.78, 5) is 4.50. The van der Waals surface area contributed by atoms with Crippen LogP contribution in [0.3, 0.4) is 0 Å². The van der Waals surface area contributed by atoms with Crippen molar-refractivity contribution >= 4 is 11.3 Å². The van der Waals surface area contributed by atoms with Crippen LogP contribution in [0.1, 0.15) is 41.7 Å². The average Bonchev–Trinajstić information content (AvgIpc) is 3.10. The Morgan fingerprint density at radius 2 is 2.39 bits per heavy atom. The number of nitrogens with zero attached hydrogens (tertiary/aromatic N) is 3. The molecule has 0 bridgehead atoms. The van der Waals surface area contributed by atoms with E-state index in [9.17, 15) is 0 Å². The first-order chi connectivity index (χ1) is 8.85. The molecule has 0 N–H and O–H groups in total. The van der Waals surface area contributed by atoms with Crippen molar-refractivity contribution in [2.45, 2.75) is 32.1 Å². The molecule has 1 saturated heterocycles. The normalized spacial score (nSPS) is 19.5. The quantitative estimate of drug-likeness (QED) is 0.848. The lowest BCUT2D eigenvalue weighted by Gasteiger charge is -1.98. The van der Waals surface area contributed by atoms with E-state index < -0.39 is 0 Å². The van der Waals surface area contributed by atoms with E-state index in [0.717, 1.165) is 30.2 Å². The third kappa shape index (κ3) is 2.44. The first-order valence-electron chi connectivity index (χ1n) is 6.18. The minimum absolute atomic E-state index is 0.271. The molecule has 1 aliphatic heterocycles. The van der Waals surface area contributed by atoms with Gasteiger partial charge in [-0.1, -0.05) is 6.92 Å². The van der Waals surface area contributed by atoms with Crippen LogP contribution in [0.5, 0.6) is 0 Å². The fourth-order valence-electron chi connectivity index (χ4n) is 1.98. The monoisotopic (exact) mass is 265 g/mol. The Labute approximate surface area is 109 Å². The standard InChI is InChI=1S/C12H15N3O2S/c1-2-11-13-9(7-18-11)5-10-14-15-12(17-10)8-3-4-16-6-8/h7-8H,2-6H2,1H3. The maximum Gasteiger partial charge on any atom is 0.222 e. The Morgan fingerprint density at radius 1 is 1.44 bits per heavy atom. The third-order valence-corrected chi connectivity index (χ3v) is 4.04. The van der Waals surface area contributed by atoms with Gasteiger partial charge in [0.2, 0.25) is 11.8 Å². The summed E-state index contributed by atoms with van der Waals surface area (Å²) in [7, 11) is 0. The van der Waals surface area contributed by atoms with E-state index in [2.05, 4.69) is 27.5 Å². The summed E-state index contributed by atoms with van der Waals surface area (Å²) in [6.45, 7) is 3.58. The maximum atomic E-state index is 5.68. The van der Waals surface area contributed by atoms with Crippen molar-refractivity contribution in [3.63, 3.8) is 0 Å². The lowest BCUT2D eigenvalue weighted by molar-refractivity contribution is 0.190. The number of hydrogen-bond donors (Lipinski definition) is 0. The molecule has 6 heteroatoms. The molecule has 1 unspecified atom stereocenters. The van der Waals surface area contributed by atoms with Crippen LogP contribution in [0.15, 0.2) is 9.80 Å². The van der Waals surface area contributed by atoms with Gasteiger partial charge in [-0.2, -0.15) is 0 Å². The maximum absolute atomic E-state index is 5.68. The fourth-order valence-corrected chi connectivity index (χ4v) is 2.72. The number of ether oxygens (including phenoxy) is 1. The summed E-state index contributed by atoms with van der Waals surface area (Å²) < 4.78 is 11.0. The van der Waals surface area contributed by atoms with E-state index in [1.54, 1.807) is 11.3 Å². The van der Waals surface area contributed by atoms with Gasteiger partial charge in [-0.3, -0.25) is 0 Å². The fraction of sp³-hybridized carbons (Fsp3) is 0.583. The Kier molecular flexibility index (Phi) is 3.38. The molecule has 2 aromatic rings. The van der Waals surface area contributed by atoms with E-state index >= 15 is 0 Å². The van der Waals surface area contributed by atoms with E-state index in [4.69, 9.17) is 9.15 Å². The molecule has 0 spiro atoms. The molecule has 0 amide bonds. The lowest BCUT2D eigenvalue weighted by atomic mass is 10.1. The van der Waals surface area contributed by atoms with E-state index in [0.29, 0.717) is 24.8 Å². The summed E-state index contributed by atoms with van der Waals surface area (Å²) in [5.74, 6) is 1.62. The highest BCUT2D eigenvalue weighted by Crippen LogP contribution is 2.24. The van der Waals surface area contributed by atoms with Crippen molar-refractivity contribution in [1.82, 2.24) is 15.2 Å². The molecule has 0 saturated carbocycles. The van der Waals surface area contributed by atoms with Gasteiger partial charge in [-0.05, 0) is 12.8 Å². The second-order valence-electron chi connectivity index (χ2n) is 4.36. The minimum Gasteiger partial charge on any atom is -0.424 e. The Hall–Kier alpha value is -1.27. The van der Waals surface area contributed by atoms with Crippen LogP contribution < -0.4 is 0 Å². The molecule has 1 fully saturated rings. The van der Waals surface area contributed by atoms with Gasteiger partial charge in [-0.15, -0.1) is 21.5 Å². The topological polar surface area (TPSA) is 61.0 Å². The summed E-state index contributed by atoms with van der Waals surface area (Å²) in [5.41, 5.74) is 1.01. The number of aryl methyl sites for hydroxylation is 1. The second kappa shape index (κ2) is 5.16. The SMILES string of the molecule is CCc1nc(Cc2nnc(C3CCOC3)o2)cs1. The number of rotatable bonds is 4. The Balaban J connectivity index is 1.69. The Morgan fingerprint density at radius 3 is 3.11 bits per heavy atom. The largest absolute Gasteiger partial charge is 0.424 e. The molecule has 96 valence electrons. The highest BCUT2D eigenvalue weighted by atomic mass is 32.1. The van der Waals surface area contributed by atoms with E-state index in [-0.39, 0.29) is 5.92 Å². The number of hydrogen-bond acceptors (Lipinski definition) is 6. The van der Waals surface area contributed by atoms with Crippen LogP contribution in [0.2, 0.25) is 0 Å². The zero-order valence-corrected chi connectivity index (χ0v) is 11.1. The van der Waals surface area contributed by atoms with Crippen LogP contribution in [-0.4, -0.2) is 28.4 Å². The summed E-state index contributed by atoms with van der Waals surface area (Å²) >= 11 is 1.68. The van der Waals surface area contributed by atoms with Gasteiger partial charge < -0.3 is 9.15 Å². The predicted octanol–water partition coefficient (Wildman–Crippen LogP) is 2.18. The zero-order valence-electron chi connectivity index (χ0n) is 10.3. The summed E-state index contributed by atoms with van der Waals surface area (Å²) in [5, 5.41) is 11.4. The van der Waals surface area contributed by atoms with Gasteiger partial charge in [0.25, 0.3) is 0 Å². The van der Waals surface area contributed by atoms with Gasteiger partial charge in [0, 0.05) is 12.0 Å². The van der Waals surface area contributed by atoms with Gasteiger partial charge in [0.05, 0.1) is 29.6 Å². The van der Waals surface area contributed by atoms with Crippen molar-refractivity contribution in [3.05, 3.63) is 27.9 Å². The zero-order chi connectivity index (χ0) is 12.4. The van der Waals surface area contributed by atoms with E-state index in [1.165, 1.54) is 0 Å². The number of thiazole rings is 1. The van der Waals surface area contributed by atoms with Crippen LogP contribution >= 0.6 is 11.3 Å². The molecular formula is C12H15N3O2S. The van der Waals surface area contributed by atoms with E-state index in [1.807, 2.05) is 0 Å². The van der Waals surface area contributed by atoms with Crippen LogP contribution in [0, 0.1) is 0 Å². The molecular weight excluding hydrogens is 250 g/mol. The first-order valence-corrected chi connectivity index (χ1v) is 7.06. The molecule has 2 aromatic heterocycles. The molecule has 0 aliphatic carbocycles. The van der Waals surface area contributed by atoms with Crippen molar-refractivity contribution in [2.75, 3.05) is 13.2 Å². The minimum atomic E-state index is 0.271. The predicted molar refractivity (Wildman–Crippen MR) is 66.8 cm³/mol. The van der Waals surface area contributed by atoms with Gasteiger partial charge >= 0.3 is 0 Å². The van der Waals surface area contributed by atoms with Crippen LogP contribution in [0.25, 0.3) is 0 Å². The molecule has 3 rings (SSSR count). The van der Waals surface area contributed by atoms with Crippen molar-refractivity contribution < 1.29 is 9.15 Å². The lowest BCUT2D eigenvalue weighted by Crippen LogP contribution is -1.97. The summed E-state index contributed by atoms with van der Waals surface area (Å²) in [6.07, 6.45) is 2.56. The number of aromatic nitrogens is 3. The second-order valence-corrected chi connectivity index (χ2v) is 5.30. The molecule has 0 radical (unpaired) electrons. The smallest absolute Gasteiger partial charge is 0.222 e. The first kappa shape index (κ1) is 11.8. The highest BCUT2D eigenvalue weighted by Gasteiger charge is 2.23. The van der Waals surface area contributed by atoms with Gasteiger partial charge in [0.15, 0.2) is 0 Å². The Bertz CT molecular complexity index is 517. The highest BCUT2D eigenvalue weighted by molar-refractivity contribution is 7.09. The molecule has 5 nitrogen and oxygen atoms in total. The molecule has 3 heterocycles. The summed E-state index contributed by atoms with van der Waals surface area (Å²) in [6, 6.07) is 0. The molecule has 0 aromatic carbocycles. The van der Waals surface area contributed by atoms with Gasteiger partial charge in [0.1, 0.15) is 0 Å². The molecule has 1 aliphatic rings. The molecule has 1 atom stereocenters. The van der Waals surface area contributed by atoms with Crippen molar-refractivity contribution in [1.29, 1.82) is 0 Å². The van der Waals surface area contributed by atoms with Crippen molar-refractivity contribution in [2.24, 2.45) is 0 Å². The van der Waals surface area contributed by atoms with Crippen molar-refractivity contribution in [3.8, 4) is 0 Å². The van der Waals surface area contributed by atoms with Crippen LogP contribution in [-0.2, 0) is 17.6 Å². The van der Waals surface area contributed by atoms with Gasteiger partial charge in [-0.25, -0.2) is 4.98 Å².